The van der Waals surface area contributed by atoms with Gasteiger partial charge in [-0.25, -0.2) is 0 Å². The summed E-state index contributed by atoms with van der Waals surface area (Å²) in [5, 5.41) is 0. The van der Waals surface area contributed by atoms with E-state index in [-0.39, 0.29) is 25.5 Å². The first-order chi connectivity index (χ1) is 14.5. The maximum absolute atomic E-state index is 12.1. The molecule has 0 bridgehead atoms. The summed E-state index contributed by atoms with van der Waals surface area (Å²) in [6, 6.07) is 12.2. The quantitative estimate of drug-likeness (QED) is 0.497. The first-order valence-corrected chi connectivity index (χ1v) is 9.42. The predicted molar refractivity (Wildman–Crippen MR) is 104 cm³/mol. The van der Waals surface area contributed by atoms with E-state index in [2.05, 4.69) is 10.9 Å². The van der Waals surface area contributed by atoms with Gasteiger partial charge in [0.15, 0.2) is 5.76 Å². The third kappa shape index (κ3) is 5.16. The van der Waals surface area contributed by atoms with E-state index in [0.29, 0.717) is 24.6 Å². The number of likely N-dealkylation sites (N-methyl/N-ethyl adjacent to an activating group) is 1. The number of carbonyl (C=O) groups excluding carboxylic acids is 4. The SMILES string of the molecule is CCN1CCN(CC(=O)NNC(=O)c2ccc(COc3ccccc3)o2)C(=O)C1=O. The number of para-hydroxylation sites is 1. The van der Waals surface area contributed by atoms with E-state index in [9.17, 15) is 19.2 Å². The average Bonchev–Trinajstić information content (AvgIpc) is 3.24. The maximum Gasteiger partial charge on any atom is 0.312 e. The molecule has 0 spiro atoms. The molecule has 1 aromatic heterocycles. The molecule has 158 valence electrons. The second-order valence-corrected chi connectivity index (χ2v) is 6.48. The summed E-state index contributed by atoms with van der Waals surface area (Å²) in [6.45, 7) is 2.63. The lowest BCUT2D eigenvalue weighted by Crippen LogP contribution is -2.57. The Kier molecular flexibility index (Phi) is 6.68. The lowest BCUT2D eigenvalue weighted by atomic mass is 10.3. The summed E-state index contributed by atoms with van der Waals surface area (Å²) in [4.78, 5) is 50.6. The van der Waals surface area contributed by atoms with Gasteiger partial charge < -0.3 is 19.0 Å². The van der Waals surface area contributed by atoms with Crippen molar-refractivity contribution in [1.29, 1.82) is 0 Å². The van der Waals surface area contributed by atoms with Crippen molar-refractivity contribution in [1.82, 2.24) is 20.7 Å². The average molecular weight is 414 g/mol. The number of nitrogens with one attached hydrogen (secondary N) is 2. The van der Waals surface area contributed by atoms with Crippen molar-refractivity contribution in [3.63, 3.8) is 0 Å². The molecule has 2 N–H and O–H groups in total. The highest BCUT2D eigenvalue weighted by Gasteiger charge is 2.32. The van der Waals surface area contributed by atoms with Crippen LogP contribution in [0.1, 0.15) is 23.2 Å². The number of hydrogen-bond acceptors (Lipinski definition) is 6. The number of furan rings is 1. The molecule has 30 heavy (non-hydrogen) atoms. The zero-order chi connectivity index (χ0) is 21.5. The predicted octanol–water partition coefficient (Wildman–Crippen LogP) is 0.310. The largest absolute Gasteiger partial charge is 0.486 e. The summed E-state index contributed by atoms with van der Waals surface area (Å²) < 4.78 is 10.9. The van der Waals surface area contributed by atoms with Gasteiger partial charge in [-0.2, -0.15) is 0 Å². The van der Waals surface area contributed by atoms with E-state index in [1.165, 1.54) is 11.0 Å². The van der Waals surface area contributed by atoms with Crippen LogP contribution in [0.2, 0.25) is 0 Å². The molecule has 0 radical (unpaired) electrons. The van der Waals surface area contributed by atoms with Gasteiger partial charge in [-0.05, 0) is 31.2 Å². The molecule has 2 aromatic rings. The molecule has 0 atom stereocenters. The second-order valence-electron chi connectivity index (χ2n) is 6.48. The van der Waals surface area contributed by atoms with Crippen LogP contribution >= 0.6 is 0 Å². The molecule has 0 unspecified atom stereocenters. The van der Waals surface area contributed by atoms with Crippen molar-refractivity contribution < 1.29 is 28.3 Å². The maximum atomic E-state index is 12.1. The molecule has 1 aliphatic heterocycles. The van der Waals surface area contributed by atoms with Crippen LogP contribution < -0.4 is 15.6 Å². The van der Waals surface area contributed by atoms with E-state index in [1.54, 1.807) is 25.1 Å². The van der Waals surface area contributed by atoms with Gasteiger partial charge in [0.05, 0.1) is 0 Å². The van der Waals surface area contributed by atoms with Crippen molar-refractivity contribution in [3.05, 3.63) is 54.0 Å². The molecule has 4 amide bonds. The minimum absolute atomic E-state index is 0.00947. The summed E-state index contributed by atoms with van der Waals surface area (Å²) in [7, 11) is 0. The molecule has 2 heterocycles. The zero-order valence-electron chi connectivity index (χ0n) is 16.4. The fourth-order valence-electron chi connectivity index (χ4n) is 2.82. The topological polar surface area (TPSA) is 121 Å². The van der Waals surface area contributed by atoms with Crippen LogP contribution in [0.5, 0.6) is 5.75 Å². The van der Waals surface area contributed by atoms with Gasteiger partial charge in [0.2, 0.25) is 0 Å². The third-order valence-corrected chi connectivity index (χ3v) is 4.44. The van der Waals surface area contributed by atoms with Gasteiger partial charge in [0.25, 0.3) is 5.91 Å². The highest BCUT2D eigenvalue weighted by atomic mass is 16.5. The summed E-state index contributed by atoms with van der Waals surface area (Å²) in [5.41, 5.74) is 4.42. The number of benzene rings is 1. The highest BCUT2D eigenvalue weighted by Crippen LogP contribution is 2.13. The Morgan fingerprint density at radius 1 is 1.00 bits per heavy atom. The molecule has 1 aromatic carbocycles. The molecule has 10 heteroatoms. The molecular formula is C20H22N4O6. The van der Waals surface area contributed by atoms with Crippen molar-refractivity contribution >= 4 is 23.6 Å². The minimum Gasteiger partial charge on any atom is -0.486 e. The van der Waals surface area contributed by atoms with Crippen LogP contribution in [-0.4, -0.2) is 59.6 Å². The number of ether oxygens (including phenoxy) is 1. The van der Waals surface area contributed by atoms with Crippen LogP contribution in [0, 0.1) is 0 Å². The molecule has 1 fully saturated rings. The van der Waals surface area contributed by atoms with Gasteiger partial charge in [0, 0.05) is 19.6 Å². The van der Waals surface area contributed by atoms with Gasteiger partial charge in [0.1, 0.15) is 24.7 Å². The first kappa shape index (κ1) is 20.9. The molecule has 10 nitrogen and oxygen atoms in total. The fraction of sp³-hybridized carbons (Fsp3) is 0.300. The summed E-state index contributed by atoms with van der Waals surface area (Å²) in [5.74, 6) is -1.57. The number of hydrogen-bond donors (Lipinski definition) is 2. The van der Waals surface area contributed by atoms with Crippen molar-refractivity contribution in [2.24, 2.45) is 0 Å². The Bertz CT molecular complexity index is 926. The Hall–Kier alpha value is -3.82. The Morgan fingerprint density at radius 3 is 2.43 bits per heavy atom. The summed E-state index contributed by atoms with van der Waals surface area (Å²) >= 11 is 0. The van der Waals surface area contributed by atoms with Gasteiger partial charge in [-0.3, -0.25) is 30.0 Å². The third-order valence-electron chi connectivity index (χ3n) is 4.44. The van der Waals surface area contributed by atoms with Crippen LogP contribution in [-0.2, 0) is 21.0 Å². The molecular weight excluding hydrogens is 392 g/mol. The van der Waals surface area contributed by atoms with E-state index in [0.717, 1.165) is 4.90 Å². The number of rotatable bonds is 7. The molecule has 0 aliphatic carbocycles. The molecule has 1 saturated heterocycles. The Labute approximate surface area is 172 Å². The van der Waals surface area contributed by atoms with Crippen LogP contribution in [0.3, 0.4) is 0 Å². The van der Waals surface area contributed by atoms with Crippen LogP contribution in [0.4, 0.5) is 0 Å². The number of hydrazine groups is 1. The molecule has 0 saturated carbocycles. The molecule has 3 rings (SSSR count). The van der Waals surface area contributed by atoms with Gasteiger partial charge in [-0.15, -0.1) is 0 Å². The number of amides is 4. The van der Waals surface area contributed by atoms with Crippen LogP contribution in [0.15, 0.2) is 46.9 Å². The Morgan fingerprint density at radius 2 is 1.70 bits per heavy atom. The Balaban J connectivity index is 1.44. The van der Waals surface area contributed by atoms with E-state index in [1.807, 2.05) is 18.2 Å². The van der Waals surface area contributed by atoms with Crippen molar-refractivity contribution in [2.45, 2.75) is 13.5 Å². The van der Waals surface area contributed by atoms with Gasteiger partial charge in [-0.1, -0.05) is 18.2 Å². The number of carbonyl (C=O) groups is 4. The smallest absolute Gasteiger partial charge is 0.312 e. The second kappa shape index (κ2) is 9.59. The first-order valence-electron chi connectivity index (χ1n) is 9.42. The minimum atomic E-state index is -0.737. The zero-order valence-corrected chi connectivity index (χ0v) is 16.4. The van der Waals surface area contributed by atoms with E-state index < -0.39 is 23.6 Å². The normalized spacial score (nSPS) is 13.9. The van der Waals surface area contributed by atoms with Crippen LogP contribution in [0.25, 0.3) is 0 Å². The van der Waals surface area contributed by atoms with Crippen molar-refractivity contribution in [3.8, 4) is 5.75 Å². The number of nitrogens with zero attached hydrogens (tertiary/aromatic N) is 2. The lowest BCUT2D eigenvalue weighted by molar-refractivity contribution is -0.156. The van der Waals surface area contributed by atoms with E-state index >= 15 is 0 Å². The van der Waals surface area contributed by atoms with E-state index in [4.69, 9.17) is 9.15 Å². The molecule has 1 aliphatic rings. The van der Waals surface area contributed by atoms with Crippen molar-refractivity contribution in [2.75, 3.05) is 26.2 Å². The lowest BCUT2D eigenvalue weighted by Gasteiger charge is -2.32. The van der Waals surface area contributed by atoms with Gasteiger partial charge >= 0.3 is 17.7 Å². The highest BCUT2D eigenvalue weighted by molar-refractivity contribution is 6.35. The monoisotopic (exact) mass is 414 g/mol. The standard InChI is InChI=1S/C20H22N4O6/c1-2-23-10-11-24(20(28)19(23)27)12-17(25)21-22-18(26)16-9-8-15(30-16)13-29-14-6-4-3-5-7-14/h3-9H,2,10-13H2,1H3,(H,21,25)(H,22,26). The number of piperazine rings is 1. The summed E-state index contributed by atoms with van der Waals surface area (Å²) in [6.07, 6.45) is 0. The fourth-order valence-corrected chi connectivity index (χ4v) is 2.82.